The standard InChI is InChI=1S/C40H27N5/c1-44-33-21-10-8-19-30(33)31-23-24-35-36(37(31)44)32-20-9-11-22-34(32)45(35)29-18-12-17-28(25-29)40-42-38(26-13-4-2-5-14-26)41-39(43-40)27-15-6-3-7-16-27/h2-25H,1H3. The van der Waals surface area contributed by atoms with Crippen LogP contribution in [-0.4, -0.2) is 24.1 Å². The molecular formula is C40H27N5. The van der Waals surface area contributed by atoms with Crippen LogP contribution in [0.1, 0.15) is 0 Å². The van der Waals surface area contributed by atoms with Gasteiger partial charge in [-0.2, -0.15) is 0 Å². The fourth-order valence-corrected chi connectivity index (χ4v) is 6.72. The van der Waals surface area contributed by atoms with Crippen LogP contribution in [0.3, 0.4) is 0 Å². The number of hydrogen-bond acceptors (Lipinski definition) is 3. The lowest BCUT2D eigenvalue weighted by Crippen LogP contribution is -2.01. The topological polar surface area (TPSA) is 48.5 Å². The maximum atomic E-state index is 4.99. The molecule has 0 radical (unpaired) electrons. The van der Waals surface area contributed by atoms with Crippen LogP contribution in [0, 0.1) is 0 Å². The molecule has 0 unspecified atom stereocenters. The molecule has 3 heterocycles. The van der Waals surface area contributed by atoms with E-state index in [-0.39, 0.29) is 0 Å². The quantitative estimate of drug-likeness (QED) is 0.209. The molecule has 0 amide bonds. The molecule has 9 rings (SSSR count). The number of benzene rings is 6. The van der Waals surface area contributed by atoms with Crippen molar-refractivity contribution in [3.05, 3.63) is 146 Å². The predicted octanol–water partition coefficient (Wildman–Crippen LogP) is 9.61. The minimum Gasteiger partial charge on any atom is -0.343 e. The minimum absolute atomic E-state index is 0.640. The Morgan fingerprint density at radius 2 is 0.978 bits per heavy atom. The van der Waals surface area contributed by atoms with Gasteiger partial charge in [0, 0.05) is 56.5 Å². The summed E-state index contributed by atoms with van der Waals surface area (Å²) in [5, 5.41) is 5.02. The number of aromatic nitrogens is 5. The number of rotatable bonds is 4. The molecule has 0 saturated heterocycles. The maximum absolute atomic E-state index is 4.99. The summed E-state index contributed by atoms with van der Waals surface area (Å²) in [5.74, 6) is 1.95. The highest BCUT2D eigenvalue weighted by Crippen LogP contribution is 2.40. The van der Waals surface area contributed by atoms with Crippen molar-refractivity contribution in [3.8, 4) is 39.9 Å². The maximum Gasteiger partial charge on any atom is 0.164 e. The van der Waals surface area contributed by atoms with Gasteiger partial charge < -0.3 is 9.13 Å². The van der Waals surface area contributed by atoms with Crippen molar-refractivity contribution in [2.45, 2.75) is 0 Å². The average Bonchev–Trinajstić information content (AvgIpc) is 3.61. The summed E-state index contributed by atoms with van der Waals surface area (Å²) in [7, 11) is 2.17. The van der Waals surface area contributed by atoms with E-state index in [4.69, 9.17) is 15.0 Å². The summed E-state index contributed by atoms with van der Waals surface area (Å²) >= 11 is 0. The molecule has 9 aromatic rings. The van der Waals surface area contributed by atoms with Crippen molar-refractivity contribution in [3.63, 3.8) is 0 Å². The zero-order chi connectivity index (χ0) is 29.9. The zero-order valence-corrected chi connectivity index (χ0v) is 24.6. The molecule has 3 aromatic heterocycles. The van der Waals surface area contributed by atoms with Crippen LogP contribution >= 0.6 is 0 Å². The molecule has 0 aliphatic rings. The van der Waals surface area contributed by atoms with E-state index in [0.717, 1.165) is 33.4 Å². The van der Waals surface area contributed by atoms with Gasteiger partial charge in [-0.1, -0.05) is 115 Å². The molecule has 212 valence electrons. The first-order chi connectivity index (χ1) is 22.2. The molecule has 0 fully saturated rings. The summed E-state index contributed by atoms with van der Waals surface area (Å²) in [5.41, 5.74) is 8.70. The van der Waals surface area contributed by atoms with E-state index in [1.54, 1.807) is 0 Å². The van der Waals surface area contributed by atoms with Crippen molar-refractivity contribution in [2.24, 2.45) is 7.05 Å². The van der Waals surface area contributed by atoms with Gasteiger partial charge in [0.05, 0.1) is 16.6 Å². The van der Waals surface area contributed by atoms with Crippen molar-refractivity contribution < 1.29 is 0 Å². The predicted molar refractivity (Wildman–Crippen MR) is 184 cm³/mol. The van der Waals surface area contributed by atoms with Crippen LogP contribution in [0.5, 0.6) is 0 Å². The molecule has 0 aliphatic heterocycles. The van der Waals surface area contributed by atoms with Crippen LogP contribution in [0.4, 0.5) is 0 Å². The third kappa shape index (κ3) is 3.98. The first-order valence-electron chi connectivity index (χ1n) is 15.1. The molecule has 5 heteroatoms. The van der Waals surface area contributed by atoms with Gasteiger partial charge in [-0.05, 0) is 30.3 Å². The summed E-state index contributed by atoms with van der Waals surface area (Å²) in [4.78, 5) is 14.9. The van der Waals surface area contributed by atoms with Gasteiger partial charge in [-0.15, -0.1) is 0 Å². The molecule has 45 heavy (non-hydrogen) atoms. The number of hydrogen-bond donors (Lipinski definition) is 0. The molecule has 0 aliphatic carbocycles. The van der Waals surface area contributed by atoms with Gasteiger partial charge in [0.25, 0.3) is 0 Å². The van der Waals surface area contributed by atoms with Gasteiger partial charge in [0.1, 0.15) is 0 Å². The molecule has 0 spiro atoms. The second-order valence-corrected chi connectivity index (χ2v) is 11.4. The number of aryl methyl sites for hydroxylation is 1. The van der Waals surface area contributed by atoms with Crippen molar-refractivity contribution >= 4 is 43.6 Å². The molecule has 5 nitrogen and oxygen atoms in total. The average molecular weight is 578 g/mol. The number of para-hydroxylation sites is 2. The van der Waals surface area contributed by atoms with Crippen LogP contribution in [-0.2, 0) is 7.05 Å². The van der Waals surface area contributed by atoms with Gasteiger partial charge in [0.2, 0.25) is 0 Å². The van der Waals surface area contributed by atoms with Crippen molar-refractivity contribution in [1.82, 2.24) is 24.1 Å². The second-order valence-electron chi connectivity index (χ2n) is 11.4. The highest BCUT2D eigenvalue weighted by atomic mass is 15.0. The monoisotopic (exact) mass is 577 g/mol. The molecule has 0 saturated carbocycles. The van der Waals surface area contributed by atoms with Gasteiger partial charge in [0.15, 0.2) is 17.5 Å². The van der Waals surface area contributed by atoms with Crippen LogP contribution in [0.15, 0.2) is 146 Å². The molecule has 6 aromatic carbocycles. The lowest BCUT2D eigenvalue weighted by molar-refractivity contribution is 1.02. The summed E-state index contributed by atoms with van der Waals surface area (Å²) < 4.78 is 4.70. The Balaban J connectivity index is 1.29. The Hall–Kier alpha value is -6.07. The third-order valence-corrected chi connectivity index (χ3v) is 8.76. The molecule has 0 atom stereocenters. The Morgan fingerprint density at radius 3 is 1.67 bits per heavy atom. The SMILES string of the molecule is Cn1c2ccccc2c2ccc3c(c4ccccc4n3-c3cccc(-c4nc(-c5ccccc5)nc(-c5ccccc5)n4)c3)c21. The molecular weight excluding hydrogens is 550 g/mol. The van der Waals surface area contributed by atoms with E-state index < -0.39 is 0 Å². The highest BCUT2D eigenvalue weighted by molar-refractivity contribution is 6.25. The van der Waals surface area contributed by atoms with E-state index in [0.29, 0.717) is 17.5 Å². The fourth-order valence-electron chi connectivity index (χ4n) is 6.72. The smallest absolute Gasteiger partial charge is 0.164 e. The lowest BCUT2D eigenvalue weighted by atomic mass is 10.1. The Labute approximate surface area is 259 Å². The van der Waals surface area contributed by atoms with Crippen LogP contribution in [0.2, 0.25) is 0 Å². The van der Waals surface area contributed by atoms with Crippen molar-refractivity contribution in [2.75, 3.05) is 0 Å². The first kappa shape index (κ1) is 25.4. The lowest BCUT2D eigenvalue weighted by Gasteiger charge is -2.11. The molecule has 0 N–H and O–H groups in total. The summed E-state index contributed by atoms with van der Waals surface area (Å²) in [6.07, 6.45) is 0. The minimum atomic E-state index is 0.640. The Kier molecular flexibility index (Phi) is 5.65. The summed E-state index contributed by atoms with van der Waals surface area (Å²) in [6.45, 7) is 0. The normalized spacial score (nSPS) is 11.7. The summed E-state index contributed by atoms with van der Waals surface area (Å²) in [6, 6.07) is 50.6. The fraction of sp³-hybridized carbons (Fsp3) is 0.0250. The van der Waals surface area contributed by atoms with E-state index in [9.17, 15) is 0 Å². The highest BCUT2D eigenvalue weighted by Gasteiger charge is 2.19. The van der Waals surface area contributed by atoms with Crippen molar-refractivity contribution in [1.29, 1.82) is 0 Å². The largest absolute Gasteiger partial charge is 0.343 e. The van der Waals surface area contributed by atoms with Gasteiger partial charge in [-0.3, -0.25) is 0 Å². The number of nitrogens with zero attached hydrogens (tertiary/aromatic N) is 5. The second kappa shape index (κ2) is 10.00. The van der Waals surface area contributed by atoms with E-state index >= 15 is 0 Å². The van der Waals surface area contributed by atoms with Crippen LogP contribution < -0.4 is 0 Å². The number of fused-ring (bicyclic) bond motifs is 7. The van der Waals surface area contributed by atoms with E-state index in [1.165, 1.54) is 32.6 Å². The van der Waals surface area contributed by atoms with Gasteiger partial charge >= 0.3 is 0 Å². The Bertz CT molecular complexity index is 2490. The van der Waals surface area contributed by atoms with E-state index in [1.807, 2.05) is 60.7 Å². The first-order valence-corrected chi connectivity index (χ1v) is 15.1. The van der Waals surface area contributed by atoms with Gasteiger partial charge in [-0.25, -0.2) is 15.0 Å². The zero-order valence-electron chi connectivity index (χ0n) is 24.6. The Morgan fingerprint density at radius 1 is 0.422 bits per heavy atom. The van der Waals surface area contributed by atoms with Crippen LogP contribution in [0.25, 0.3) is 83.5 Å². The third-order valence-electron chi connectivity index (χ3n) is 8.76. The van der Waals surface area contributed by atoms with E-state index in [2.05, 4.69) is 101 Å². The molecule has 0 bridgehead atoms.